The zero-order chi connectivity index (χ0) is 22.5. The number of nitrogens with zero attached hydrogens (tertiary/aromatic N) is 3. The molecule has 0 atom stereocenters. The van der Waals surface area contributed by atoms with Gasteiger partial charge in [-0.25, -0.2) is 18.7 Å². The summed E-state index contributed by atoms with van der Waals surface area (Å²) in [7, 11) is 0. The van der Waals surface area contributed by atoms with Crippen LogP contribution in [-0.4, -0.2) is 34.8 Å². The summed E-state index contributed by atoms with van der Waals surface area (Å²) in [5, 5.41) is 9.28. The quantitative estimate of drug-likeness (QED) is 0.575. The largest absolute Gasteiger partial charge is 0.487 e. The second-order valence-electron chi connectivity index (χ2n) is 8.11. The van der Waals surface area contributed by atoms with Gasteiger partial charge in [-0.3, -0.25) is 0 Å². The number of piperidine rings is 1. The second kappa shape index (κ2) is 10.0. The summed E-state index contributed by atoms with van der Waals surface area (Å²) in [5.74, 6) is -0.860. The van der Waals surface area contributed by atoms with Gasteiger partial charge in [-0.1, -0.05) is 25.1 Å². The first-order valence-corrected chi connectivity index (χ1v) is 10.9. The summed E-state index contributed by atoms with van der Waals surface area (Å²) in [6, 6.07) is 9.51. The molecule has 0 saturated carbocycles. The molecule has 32 heavy (non-hydrogen) atoms. The molecule has 7 heteroatoms. The molecular formula is C25H27F2N3O2. The molecule has 0 amide bonds. The average Bonchev–Trinajstić information content (AvgIpc) is 2.84. The van der Waals surface area contributed by atoms with Crippen LogP contribution in [0.5, 0.6) is 5.75 Å². The molecule has 5 nitrogen and oxygen atoms in total. The maximum atomic E-state index is 14.6. The molecule has 1 N–H and O–H groups in total. The minimum Gasteiger partial charge on any atom is -0.487 e. The first kappa shape index (κ1) is 22.1. The number of aryl methyl sites for hydroxylation is 1. The van der Waals surface area contributed by atoms with Crippen molar-refractivity contribution in [3.63, 3.8) is 0 Å². The number of hydrogen-bond acceptors (Lipinski definition) is 5. The molecule has 1 fully saturated rings. The monoisotopic (exact) mass is 439 g/mol. The van der Waals surface area contributed by atoms with Crippen molar-refractivity contribution >= 4 is 5.95 Å². The van der Waals surface area contributed by atoms with Crippen LogP contribution in [0.2, 0.25) is 0 Å². The molecular weight excluding hydrogens is 412 g/mol. The SMILES string of the molecule is CCc1cnc(N2CCC(COc3c(F)cc(-c4cccc(CO)c4)cc3F)CC2)nc1. The predicted molar refractivity (Wildman–Crippen MR) is 120 cm³/mol. The van der Waals surface area contributed by atoms with Gasteiger partial charge >= 0.3 is 0 Å². The van der Waals surface area contributed by atoms with Crippen molar-refractivity contribution in [2.45, 2.75) is 32.8 Å². The van der Waals surface area contributed by atoms with E-state index in [0.717, 1.165) is 43.9 Å². The molecule has 0 spiro atoms. The van der Waals surface area contributed by atoms with Crippen LogP contribution < -0.4 is 9.64 Å². The van der Waals surface area contributed by atoms with E-state index in [9.17, 15) is 13.9 Å². The van der Waals surface area contributed by atoms with E-state index in [2.05, 4.69) is 21.8 Å². The minimum absolute atomic E-state index is 0.130. The fourth-order valence-corrected chi connectivity index (χ4v) is 3.91. The van der Waals surface area contributed by atoms with E-state index >= 15 is 0 Å². The van der Waals surface area contributed by atoms with Crippen molar-refractivity contribution < 1.29 is 18.6 Å². The lowest BCUT2D eigenvalue weighted by molar-refractivity contribution is 0.207. The standard InChI is InChI=1S/C25H27F2N3O2/c1-2-17-13-28-25(29-14-17)30-8-6-18(7-9-30)16-32-24-22(26)11-21(12-23(24)27)20-5-3-4-19(10-20)15-31/h3-5,10-14,18,31H,2,6-9,15-16H2,1H3. The van der Waals surface area contributed by atoms with E-state index in [1.165, 1.54) is 12.1 Å². The van der Waals surface area contributed by atoms with Crippen LogP contribution in [0.1, 0.15) is 30.9 Å². The Morgan fingerprint density at radius 1 is 1.00 bits per heavy atom. The highest BCUT2D eigenvalue weighted by molar-refractivity contribution is 5.65. The zero-order valence-electron chi connectivity index (χ0n) is 18.1. The van der Waals surface area contributed by atoms with Crippen molar-refractivity contribution in [2.75, 3.05) is 24.6 Å². The van der Waals surface area contributed by atoms with E-state index in [1.807, 2.05) is 12.4 Å². The highest BCUT2D eigenvalue weighted by Crippen LogP contribution is 2.30. The highest BCUT2D eigenvalue weighted by Gasteiger charge is 2.23. The molecule has 0 unspecified atom stereocenters. The fourth-order valence-electron chi connectivity index (χ4n) is 3.91. The first-order chi connectivity index (χ1) is 15.6. The smallest absolute Gasteiger partial charge is 0.225 e. The van der Waals surface area contributed by atoms with Crippen molar-refractivity contribution in [3.05, 3.63) is 71.6 Å². The van der Waals surface area contributed by atoms with Gasteiger partial charge in [-0.05, 0) is 65.6 Å². The Labute approximate surface area is 186 Å². The molecule has 1 aliphatic rings. The molecule has 2 aromatic carbocycles. The summed E-state index contributed by atoms with van der Waals surface area (Å²) >= 11 is 0. The van der Waals surface area contributed by atoms with Gasteiger partial charge in [0.1, 0.15) is 0 Å². The summed E-state index contributed by atoms with van der Waals surface area (Å²) in [6.45, 7) is 3.76. The molecule has 1 aliphatic heterocycles. The van der Waals surface area contributed by atoms with E-state index in [0.29, 0.717) is 16.7 Å². The van der Waals surface area contributed by atoms with E-state index in [1.54, 1.807) is 24.3 Å². The van der Waals surface area contributed by atoms with Gasteiger partial charge in [-0.2, -0.15) is 0 Å². The highest BCUT2D eigenvalue weighted by atomic mass is 19.1. The summed E-state index contributed by atoms with van der Waals surface area (Å²) < 4.78 is 34.9. The number of halogens is 2. The van der Waals surface area contributed by atoms with Crippen LogP contribution in [0.3, 0.4) is 0 Å². The lowest BCUT2D eigenvalue weighted by atomic mass is 9.98. The molecule has 0 bridgehead atoms. The fraction of sp³-hybridized carbons (Fsp3) is 0.360. The molecule has 0 aliphatic carbocycles. The van der Waals surface area contributed by atoms with Gasteiger partial charge in [0.2, 0.25) is 5.95 Å². The van der Waals surface area contributed by atoms with E-state index in [4.69, 9.17) is 4.74 Å². The number of anilines is 1. The van der Waals surface area contributed by atoms with Crippen molar-refractivity contribution in [3.8, 4) is 16.9 Å². The Hall–Kier alpha value is -3.06. The number of ether oxygens (including phenoxy) is 1. The van der Waals surface area contributed by atoms with Gasteiger partial charge in [0.05, 0.1) is 13.2 Å². The zero-order valence-corrected chi connectivity index (χ0v) is 18.1. The number of benzene rings is 2. The molecule has 168 valence electrons. The first-order valence-electron chi connectivity index (χ1n) is 10.9. The Morgan fingerprint density at radius 3 is 2.31 bits per heavy atom. The average molecular weight is 440 g/mol. The summed E-state index contributed by atoms with van der Waals surface area (Å²) in [6.07, 6.45) is 6.30. The number of aliphatic hydroxyl groups excluding tert-OH is 1. The van der Waals surface area contributed by atoms with Crippen LogP contribution in [-0.2, 0) is 13.0 Å². The molecule has 3 aromatic rings. The molecule has 0 radical (unpaired) electrons. The topological polar surface area (TPSA) is 58.5 Å². The minimum atomic E-state index is -0.726. The van der Waals surface area contributed by atoms with Gasteiger partial charge in [0, 0.05) is 25.5 Å². The van der Waals surface area contributed by atoms with Crippen LogP contribution in [0.4, 0.5) is 14.7 Å². The number of aliphatic hydroxyl groups is 1. The van der Waals surface area contributed by atoms with E-state index < -0.39 is 11.6 Å². The maximum Gasteiger partial charge on any atom is 0.225 e. The van der Waals surface area contributed by atoms with Crippen LogP contribution >= 0.6 is 0 Å². The summed E-state index contributed by atoms with van der Waals surface area (Å²) in [4.78, 5) is 11.0. The normalized spacial score (nSPS) is 14.6. The Bertz CT molecular complexity index is 1030. The van der Waals surface area contributed by atoms with Gasteiger partial charge in [-0.15, -0.1) is 0 Å². The van der Waals surface area contributed by atoms with Gasteiger partial charge in [0.25, 0.3) is 0 Å². The lowest BCUT2D eigenvalue weighted by Crippen LogP contribution is -2.36. The van der Waals surface area contributed by atoms with Crippen LogP contribution in [0.25, 0.3) is 11.1 Å². The third-order valence-corrected chi connectivity index (χ3v) is 5.90. The molecule has 2 heterocycles. The number of hydrogen-bond donors (Lipinski definition) is 1. The van der Waals surface area contributed by atoms with Crippen molar-refractivity contribution in [1.29, 1.82) is 0 Å². The predicted octanol–water partition coefficient (Wildman–Crippen LogP) is 4.77. The molecule has 4 rings (SSSR count). The molecule has 1 aromatic heterocycles. The van der Waals surface area contributed by atoms with Crippen molar-refractivity contribution in [1.82, 2.24) is 9.97 Å². The van der Waals surface area contributed by atoms with Crippen LogP contribution in [0, 0.1) is 17.6 Å². The number of aromatic nitrogens is 2. The maximum absolute atomic E-state index is 14.6. The third-order valence-electron chi connectivity index (χ3n) is 5.90. The Morgan fingerprint density at radius 2 is 1.69 bits per heavy atom. The van der Waals surface area contributed by atoms with Crippen molar-refractivity contribution in [2.24, 2.45) is 5.92 Å². The van der Waals surface area contributed by atoms with Gasteiger partial charge < -0.3 is 14.7 Å². The van der Waals surface area contributed by atoms with E-state index in [-0.39, 0.29) is 24.9 Å². The Balaban J connectivity index is 1.36. The number of rotatable bonds is 7. The molecule has 1 saturated heterocycles. The van der Waals surface area contributed by atoms with Crippen LogP contribution in [0.15, 0.2) is 48.8 Å². The Kier molecular flexibility index (Phi) is 6.95. The third kappa shape index (κ3) is 5.05. The second-order valence-corrected chi connectivity index (χ2v) is 8.11. The lowest BCUT2D eigenvalue weighted by Gasteiger charge is -2.31. The van der Waals surface area contributed by atoms with Gasteiger partial charge in [0.15, 0.2) is 17.4 Å². The summed E-state index contributed by atoms with van der Waals surface area (Å²) in [5.41, 5.74) is 2.84.